The summed E-state index contributed by atoms with van der Waals surface area (Å²) in [5.41, 5.74) is 9.02. The van der Waals surface area contributed by atoms with E-state index in [1.54, 1.807) is 0 Å². The predicted molar refractivity (Wildman–Crippen MR) is 95.8 cm³/mol. The van der Waals surface area contributed by atoms with Crippen LogP contribution in [-0.2, 0) is 5.54 Å². The van der Waals surface area contributed by atoms with Crippen LogP contribution < -0.4 is 5.73 Å². The molecule has 2 aromatic carbocycles. The number of nitrogens with two attached hydrogens (primary N) is 1. The van der Waals surface area contributed by atoms with Crippen molar-refractivity contribution in [3.63, 3.8) is 0 Å². The van der Waals surface area contributed by atoms with Crippen LogP contribution in [0.1, 0.15) is 24.5 Å². The highest BCUT2D eigenvalue weighted by molar-refractivity contribution is 8.18. The molecule has 0 aliphatic carbocycles. The quantitative estimate of drug-likeness (QED) is 0.904. The van der Waals surface area contributed by atoms with Gasteiger partial charge in [-0.1, -0.05) is 60.7 Å². The van der Waals surface area contributed by atoms with Gasteiger partial charge in [0.2, 0.25) is 0 Å². The van der Waals surface area contributed by atoms with E-state index in [-0.39, 0.29) is 4.08 Å². The first-order valence-electron chi connectivity index (χ1n) is 7.35. The Balaban J connectivity index is 2.15. The van der Waals surface area contributed by atoms with Crippen molar-refractivity contribution >= 4 is 23.5 Å². The lowest BCUT2D eigenvalue weighted by molar-refractivity contribution is 0.501. The van der Waals surface area contributed by atoms with E-state index in [1.165, 1.54) is 29.1 Å². The lowest BCUT2D eigenvalue weighted by Crippen LogP contribution is -2.54. The summed E-state index contributed by atoms with van der Waals surface area (Å²) in [4.78, 5) is 0. The number of rotatable bonds is 3. The van der Waals surface area contributed by atoms with Crippen LogP contribution in [-0.4, -0.2) is 15.6 Å². The maximum absolute atomic E-state index is 7.11. The fourth-order valence-electron chi connectivity index (χ4n) is 2.96. The first-order chi connectivity index (χ1) is 10.2. The Morgan fingerprint density at radius 1 is 0.857 bits per heavy atom. The minimum atomic E-state index is -0.481. The molecule has 0 bridgehead atoms. The molecule has 0 atom stereocenters. The SMILES string of the molecule is CC1(C(N)(c2ccccc2)c2ccccc2)SCCCS1. The molecule has 0 amide bonds. The smallest absolute Gasteiger partial charge is 0.0904 e. The minimum absolute atomic E-state index is 0.0477. The average Bonchev–Trinajstić information content (AvgIpc) is 2.56. The van der Waals surface area contributed by atoms with Crippen molar-refractivity contribution in [2.45, 2.75) is 23.0 Å². The number of hydrogen-bond acceptors (Lipinski definition) is 3. The largest absolute Gasteiger partial charge is 0.316 e. The molecule has 3 heteroatoms. The van der Waals surface area contributed by atoms with Crippen LogP contribution in [0.5, 0.6) is 0 Å². The number of benzene rings is 2. The summed E-state index contributed by atoms with van der Waals surface area (Å²) in [5, 5.41) is 0. The van der Waals surface area contributed by atoms with Crippen LogP contribution in [0, 0.1) is 0 Å². The molecule has 2 aromatic rings. The summed E-state index contributed by atoms with van der Waals surface area (Å²) >= 11 is 4.00. The van der Waals surface area contributed by atoms with Gasteiger partial charge in [-0.05, 0) is 36.0 Å². The Kier molecular flexibility index (Phi) is 4.34. The molecule has 1 heterocycles. The summed E-state index contributed by atoms with van der Waals surface area (Å²) < 4.78 is -0.0477. The second-order valence-corrected chi connectivity index (χ2v) is 8.82. The average molecular weight is 316 g/mol. The van der Waals surface area contributed by atoms with E-state index >= 15 is 0 Å². The molecule has 110 valence electrons. The molecule has 0 radical (unpaired) electrons. The summed E-state index contributed by atoms with van der Waals surface area (Å²) in [6.07, 6.45) is 1.27. The van der Waals surface area contributed by atoms with Gasteiger partial charge in [-0.2, -0.15) is 0 Å². The van der Waals surface area contributed by atoms with Crippen LogP contribution in [0.2, 0.25) is 0 Å². The second kappa shape index (κ2) is 6.07. The van der Waals surface area contributed by atoms with Crippen molar-refractivity contribution in [3.8, 4) is 0 Å². The Morgan fingerprint density at radius 2 is 1.29 bits per heavy atom. The van der Waals surface area contributed by atoms with Gasteiger partial charge in [0.15, 0.2) is 0 Å². The van der Waals surface area contributed by atoms with Gasteiger partial charge in [0, 0.05) is 0 Å². The third kappa shape index (κ3) is 2.63. The van der Waals surface area contributed by atoms with Crippen LogP contribution in [0.4, 0.5) is 0 Å². The maximum Gasteiger partial charge on any atom is 0.0904 e. The van der Waals surface area contributed by atoms with Gasteiger partial charge in [0.05, 0.1) is 9.62 Å². The van der Waals surface area contributed by atoms with Gasteiger partial charge < -0.3 is 5.73 Å². The predicted octanol–water partition coefficient (Wildman–Crippen LogP) is 4.48. The van der Waals surface area contributed by atoms with Crippen LogP contribution in [0.3, 0.4) is 0 Å². The van der Waals surface area contributed by atoms with E-state index < -0.39 is 5.54 Å². The molecule has 0 aromatic heterocycles. The van der Waals surface area contributed by atoms with E-state index in [0.717, 1.165) is 0 Å². The van der Waals surface area contributed by atoms with Gasteiger partial charge in [0.1, 0.15) is 0 Å². The fraction of sp³-hybridized carbons (Fsp3) is 0.333. The van der Waals surface area contributed by atoms with Crippen LogP contribution in [0.15, 0.2) is 60.7 Å². The highest BCUT2D eigenvalue weighted by atomic mass is 32.2. The van der Waals surface area contributed by atoms with Crippen molar-refractivity contribution in [3.05, 3.63) is 71.8 Å². The first kappa shape index (κ1) is 15.0. The highest BCUT2D eigenvalue weighted by Crippen LogP contribution is 2.54. The summed E-state index contributed by atoms with van der Waals surface area (Å²) in [6.45, 7) is 2.31. The lowest BCUT2D eigenvalue weighted by atomic mass is 9.81. The molecule has 21 heavy (non-hydrogen) atoms. The van der Waals surface area contributed by atoms with Crippen LogP contribution >= 0.6 is 23.5 Å². The molecule has 0 spiro atoms. The Morgan fingerprint density at radius 3 is 1.71 bits per heavy atom. The van der Waals surface area contributed by atoms with Gasteiger partial charge in [-0.3, -0.25) is 0 Å². The standard InChI is InChI=1S/C18H21NS2/c1-17(20-13-8-14-21-17)18(19,15-9-4-2-5-10-15)16-11-6-3-7-12-16/h2-7,9-12H,8,13-14,19H2,1H3. The molecule has 0 saturated carbocycles. The van der Waals surface area contributed by atoms with Gasteiger partial charge in [-0.25, -0.2) is 0 Å². The highest BCUT2D eigenvalue weighted by Gasteiger charge is 2.49. The van der Waals surface area contributed by atoms with E-state index in [1.807, 2.05) is 23.5 Å². The molecular formula is C18H21NS2. The Hall–Kier alpha value is -0.900. The zero-order valence-corrected chi connectivity index (χ0v) is 13.9. The summed E-state index contributed by atoms with van der Waals surface area (Å²) in [6, 6.07) is 21.1. The molecular weight excluding hydrogens is 294 g/mol. The zero-order chi connectivity index (χ0) is 14.8. The zero-order valence-electron chi connectivity index (χ0n) is 12.3. The van der Waals surface area contributed by atoms with E-state index in [2.05, 4.69) is 67.6 Å². The third-order valence-electron chi connectivity index (χ3n) is 4.22. The van der Waals surface area contributed by atoms with Gasteiger partial charge in [0.25, 0.3) is 0 Å². The number of thioether (sulfide) groups is 2. The monoisotopic (exact) mass is 315 g/mol. The second-order valence-electron chi connectivity index (χ2n) is 5.54. The Labute approximate surface area is 135 Å². The minimum Gasteiger partial charge on any atom is -0.316 e. The first-order valence-corrected chi connectivity index (χ1v) is 9.32. The van der Waals surface area contributed by atoms with E-state index in [4.69, 9.17) is 5.73 Å². The summed E-state index contributed by atoms with van der Waals surface area (Å²) in [7, 11) is 0. The molecule has 1 aliphatic rings. The van der Waals surface area contributed by atoms with Crippen molar-refractivity contribution in [1.82, 2.24) is 0 Å². The normalized spacial score (nSPS) is 18.4. The summed E-state index contributed by atoms with van der Waals surface area (Å²) in [5.74, 6) is 2.37. The molecule has 1 saturated heterocycles. The van der Waals surface area contributed by atoms with E-state index in [0.29, 0.717) is 0 Å². The van der Waals surface area contributed by atoms with Gasteiger partial charge in [-0.15, -0.1) is 23.5 Å². The van der Waals surface area contributed by atoms with Crippen molar-refractivity contribution < 1.29 is 0 Å². The van der Waals surface area contributed by atoms with Crippen molar-refractivity contribution in [1.29, 1.82) is 0 Å². The van der Waals surface area contributed by atoms with Crippen LogP contribution in [0.25, 0.3) is 0 Å². The molecule has 3 rings (SSSR count). The van der Waals surface area contributed by atoms with E-state index in [9.17, 15) is 0 Å². The Bertz CT molecular complexity index is 537. The topological polar surface area (TPSA) is 26.0 Å². The molecule has 1 nitrogen and oxygen atoms in total. The fourth-order valence-corrected chi connectivity index (χ4v) is 6.25. The lowest BCUT2D eigenvalue weighted by Gasteiger charge is -2.48. The maximum atomic E-state index is 7.11. The third-order valence-corrected chi connectivity index (χ3v) is 7.66. The molecule has 2 N–H and O–H groups in total. The van der Waals surface area contributed by atoms with Gasteiger partial charge >= 0.3 is 0 Å². The molecule has 1 aliphatic heterocycles. The molecule has 0 unspecified atom stereocenters. The molecule has 1 fully saturated rings. The van der Waals surface area contributed by atoms with Crippen molar-refractivity contribution in [2.75, 3.05) is 11.5 Å². The number of hydrogen-bond donors (Lipinski definition) is 1. The van der Waals surface area contributed by atoms with Crippen molar-refractivity contribution in [2.24, 2.45) is 5.73 Å².